The van der Waals surface area contributed by atoms with Crippen LogP contribution < -0.4 is 11.5 Å². The van der Waals surface area contributed by atoms with Crippen molar-refractivity contribution in [1.82, 2.24) is 0 Å². The quantitative estimate of drug-likeness (QED) is 0.580. The molecule has 7 nitrogen and oxygen atoms in total. The van der Waals surface area contributed by atoms with Crippen LogP contribution in [0.4, 0.5) is 0 Å². The summed E-state index contributed by atoms with van der Waals surface area (Å²) in [6, 6.07) is 2.78. The summed E-state index contributed by atoms with van der Waals surface area (Å²) in [5.41, 5.74) is 11.1. The molecule has 0 aromatic heterocycles. The molecular weight excluding hydrogens is 314 g/mol. The molecule has 1 amide bonds. The predicted octanol–water partition coefficient (Wildman–Crippen LogP) is 0.0686. The first kappa shape index (κ1) is 15.5. The van der Waals surface area contributed by atoms with Gasteiger partial charge in [-0.3, -0.25) is 9.59 Å². The van der Waals surface area contributed by atoms with E-state index in [1.165, 1.54) is 12.1 Å². The molecule has 0 saturated heterocycles. The van der Waals surface area contributed by atoms with E-state index in [4.69, 9.17) is 11.5 Å². The molecule has 9 heteroatoms. The highest BCUT2D eigenvalue weighted by Crippen LogP contribution is 2.36. The number of rotatable bonds is 2. The minimum atomic E-state index is -3.73. The first-order valence-corrected chi connectivity index (χ1v) is 8.45. The molecule has 1 aromatic rings. The predicted molar refractivity (Wildman–Crippen MR) is 78.9 cm³/mol. The number of nitrogens with zero attached hydrogens (tertiary/aromatic N) is 1. The van der Waals surface area contributed by atoms with Crippen LogP contribution in [0.2, 0.25) is 0 Å². The molecule has 0 spiro atoms. The highest BCUT2D eigenvalue weighted by molar-refractivity contribution is 8.16. The molecule has 0 aliphatic carbocycles. The molecule has 1 aliphatic rings. The lowest BCUT2D eigenvalue weighted by Crippen LogP contribution is -2.25. The van der Waals surface area contributed by atoms with E-state index in [0.29, 0.717) is 16.9 Å². The minimum absolute atomic E-state index is 0.0292. The number of nitrogens with two attached hydrogens (primary N) is 2. The van der Waals surface area contributed by atoms with Crippen LogP contribution in [0.25, 0.3) is 0 Å². The number of guanidine groups is 1. The van der Waals surface area contributed by atoms with Gasteiger partial charge in [0.25, 0.3) is 5.91 Å². The monoisotopic (exact) mass is 327 g/mol. The molecule has 2 rings (SSSR count). The van der Waals surface area contributed by atoms with Gasteiger partial charge in [0.2, 0.25) is 5.12 Å². The Morgan fingerprint density at radius 2 is 2.05 bits per heavy atom. The SMILES string of the molecule is CCc1cc2c(cc1C(=O)N=C(N)N)S(=O)(=O)CC(=O)S2. The number of hydrogen-bond acceptors (Lipinski definition) is 5. The molecule has 0 saturated carbocycles. The second-order valence-corrected chi connectivity index (χ2v) is 7.44. The minimum Gasteiger partial charge on any atom is -0.370 e. The Morgan fingerprint density at radius 3 is 2.62 bits per heavy atom. The molecule has 21 heavy (non-hydrogen) atoms. The summed E-state index contributed by atoms with van der Waals surface area (Å²) in [5.74, 6) is -1.68. The van der Waals surface area contributed by atoms with E-state index in [2.05, 4.69) is 4.99 Å². The fourth-order valence-corrected chi connectivity index (χ4v) is 4.92. The summed E-state index contributed by atoms with van der Waals surface area (Å²) >= 11 is 0.863. The number of sulfone groups is 1. The number of thioether (sulfide) groups is 1. The van der Waals surface area contributed by atoms with E-state index in [1.807, 2.05) is 0 Å². The molecule has 0 unspecified atom stereocenters. The van der Waals surface area contributed by atoms with Gasteiger partial charge in [0.05, 0.1) is 4.90 Å². The van der Waals surface area contributed by atoms with Crippen molar-refractivity contribution in [2.24, 2.45) is 16.5 Å². The summed E-state index contributed by atoms with van der Waals surface area (Å²) in [4.78, 5) is 27.2. The van der Waals surface area contributed by atoms with Crippen molar-refractivity contribution in [2.45, 2.75) is 23.1 Å². The van der Waals surface area contributed by atoms with Crippen LogP contribution in [0.1, 0.15) is 22.8 Å². The summed E-state index contributed by atoms with van der Waals surface area (Å²) < 4.78 is 24.1. The van der Waals surface area contributed by atoms with Crippen molar-refractivity contribution in [3.63, 3.8) is 0 Å². The number of amides is 1. The molecule has 4 N–H and O–H groups in total. The zero-order valence-corrected chi connectivity index (χ0v) is 12.8. The van der Waals surface area contributed by atoms with Gasteiger partial charge in [-0.25, -0.2) is 8.42 Å². The Balaban J connectivity index is 2.67. The first-order valence-electron chi connectivity index (χ1n) is 5.99. The largest absolute Gasteiger partial charge is 0.370 e. The number of fused-ring (bicyclic) bond motifs is 1. The zero-order valence-electron chi connectivity index (χ0n) is 11.1. The van der Waals surface area contributed by atoms with Gasteiger partial charge in [-0.2, -0.15) is 4.99 Å². The number of benzene rings is 1. The standard InChI is InChI=1S/C12H13N3O4S2/c1-2-6-3-8-9(21(18,19)5-10(16)20-8)4-7(6)11(17)15-12(13)14/h3-4H,2,5H2,1H3,(H4,13,14,15,17). The van der Waals surface area contributed by atoms with Crippen LogP contribution in [0.3, 0.4) is 0 Å². The topological polar surface area (TPSA) is 133 Å². The Hall–Kier alpha value is -1.87. The maximum Gasteiger partial charge on any atom is 0.280 e. The summed E-state index contributed by atoms with van der Waals surface area (Å²) in [5, 5.41) is -0.437. The van der Waals surface area contributed by atoms with Crippen LogP contribution in [-0.2, 0) is 21.1 Å². The third-order valence-corrected chi connectivity index (χ3v) is 5.77. The van der Waals surface area contributed by atoms with Crippen molar-refractivity contribution < 1.29 is 18.0 Å². The molecule has 0 atom stereocenters. The van der Waals surface area contributed by atoms with Gasteiger partial charge in [-0.15, -0.1) is 0 Å². The van der Waals surface area contributed by atoms with Gasteiger partial charge >= 0.3 is 0 Å². The fraction of sp³-hybridized carbons (Fsp3) is 0.250. The fourth-order valence-electron chi connectivity index (χ4n) is 1.98. The highest BCUT2D eigenvalue weighted by atomic mass is 32.2. The Morgan fingerprint density at radius 1 is 1.38 bits per heavy atom. The maximum absolute atomic E-state index is 12.0. The number of aliphatic imine (C=N–C) groups is 1. The zero-order chi connectivity index (χ0) is 15.8. The van der Waals surface area contributed by atoms with Gasteiger partial charge in [-0.1, -0.05) is 6.92 Å². The number of aryl methyl sites for hydroxylation is 1. The average Bonchev–Trinajstić information content (AvgIpc) is 2.35. The Kier molecular flexibility index (Phi) is 4.06. The Labute approximate surface area is 125 Å². The van der Waals surface area contributed by atoms with Crippen molar-refractivity contribution >= 4 is 38.6 Å². The van der Waals surface area contributed by atoms with E-state index < -0.39 is 32.6 Å². The molecule has 0 radical (unpaired) electrons. The van der Waals surface area contributed by atoms with E-state index in [0.717, 1.165) is 11.8 Å². The second kappa shape index (κ2) is 5.49. The van der Waals surface area contributed by atoms with Crippen LogP contribution in [0, 0.1) is 0 Å². The molecule has 1 aliphatic heterocycles. The lowest BCUT2D eigenvalue weighted by atomic mass is 10.0. The van der Waals surface area contributed by atoms with Gasteiger partial charge < -0.3 is 11.5 Å². The molecule has 1 aromatic carbocycles. The maximum atomic E-state index is 12.0. The molecule has 0 bridgehead atoms. The van der Waals surface area contributed by atoms with E-state index in [-0.39, 0.29) is 10.5 Å². The van der Waals surface area contributed by atoms with Gasteiger partial charge in [-0.05, 0) is 35.9 Å². The molecule has 1 heterocycles. The van der Waals surface area contributed by atoms with Crippen molar-refractivity contribution in [3.8, 4) is 0 Å². The summed E-state index contributed by atoms with van der Waals surface area (Å²) in [6.07, 6.45) is 0.475. The van der Waals surface area contributed by atoms with E-state index >= 15 is 0 Å². The van der Waals surface area contributed by atoms with Gasteiger partial charge in [0.15, 0.2) is 15.8 Å². The van der Waals surface area contributed by atoms with Crippen LogP contribution in [0.5, 0.6) is 0 Å². The van der Waals surface area contributed by atoms with Crippen molar-refractivity contribution in [2.75, 3.05) is 5.75 Å². The summed E-state index contributed by atoms with van der Waals surface area (Å²) in [7, 11) is -3.73. The molecule has 0 fully saturated rings. The molecular formula is C12H13N3O4S2. The Bertz CT molecular complexity index is 765. The van der Waals surface area contributed by atoms with Crippen molar-refractivity contribution in [1.29, 1.82) is 0 Å². The third kappa shape index (κ3) is 3.08. The average molecular weight is 327 g/mol. The lowest BCUT2D eigenvalue weighted by molar-refractivity contribution is -0.108. The van der Waals surface area contributed by atoms with Gasteiger partial charge in [0.1, 0.15) is 5.75 Å². The van der Waals surface area contributed by atoms with Crippen LogP contribution >= 0.6 is 11.8 Å². The second-order valence-electron chi connectivity index (χ2n) is 4.38. The van der Waals surface area contributed by atoms with Crippen LogP contribution in [-0.4, -0.2) is 31.2 Å². The smallest absolute Gasteiger partial charge is 0.280 e. The van der Waals surface area contributed by atoms with Gasteiger partial charge in [0, 0.05) is 10.5 Å². The summed E-state index contributed by atoms with van der Waals surface area (Å²) in [6.45, 7) is 1.80. The van der Waals surface area contributed by atoms with Crippen LogP contribution in [0.15, 0.2) is 26.9 Å². The van der Waals surface area contributed by atoms with Crippen molar-refractivity contribution in [3.05, 3.63) is 23.3 Å². The number of hydrogen-bond donors (Lipinski definition) is 2. The number of carbonyl (C=O) groups is 2. The normalized spacial score (nSPS) is 16.1. The highest BCUT2D eigenvalue weighted by Gasteiger charge is 2.31. The first-order chi connectivity index (χ1) is 9.74. The lowest BCUT2D eigenvalue weighted by Gasteiger charge is -2.17. The molecule has 112 valence electrons. The van der Waals surface area contributed by atoms with E-state index in [1.54, 1.807) is 6.92 Å². The number of carbonyl (C=O) groups excluding carboxylic acids is 2. The van der Waals surface area contributed by atoms with E-state index in [9.17, 15) is 18.0 Å². The third-order valence-electron chi connectivity index (χ3n) is 2.88.